The third kappa shape index (κ3) is 4.13. The zero-order valence-corrected chi connectivity index (χ0v) is 13.2. The van der Waals surface area contributed by atoms with Gasteiger partial charge < -0.3 is 15.2 Å². The van der Waals surface area contributed by atoms with Gasteiger partial charge in [-0.05, 0) is 40.8 Å². The molecule has 1 amide bonds. The zero-order chi connectivity index (χ0) is 13.7. The second-order valence-corrected chi connectivity index (χ2v) is 5.63. The van der Waals surface area contributed by atoms with E-state index in [0.717, 1.165) is 0 Å². The van der Waals surface area contributed by atoms with Gasteiger partial charge in [0.15, 0.2) is 0 Å². The molecule has 18 heavy (non-hydrogen) atoms. The van der Waals surface area contributed by atoms with Gasteiger partial charge in [0, 0.05) is 12.1 Å². The number of phenols is 1. The first-order chi connectivity index (χ1) is 8.45. The first-order valence-electron chi connectivity index (χ1n) is 4.94. The number of rotatable bonds is 4. The summed E-state index contributed by atoms with van der Waals surface area (Å²) in [7, 11) is 1.27. The lowest BCUT2D eigenvalue weighted by Crippen LogP contribution is -2.33. The molecule has 0 aliphatic rings. The number of carbonyl (C=O) groups excluding carboxylic acids is 2. The van der Waals surface area contributed by atoms with Crippen LogP contribution in [-0.4, -0.2) is 35.5 Å². The summed E-state index contributed by atoms with van der Waals surface area (Å²) in [4.78, 5) is 22.2. The molecular formula is C11H11BrINO4. The molecular weight excluding hydrogens is 417 g/mol. The fourth-order valence-corrected chi connectivity index (χ4v) is 1.83. The Bertz CT molecular complexity index is 466. The minimum Gasteiger partial charge on any atom is -0.507 e. The molecule has 2 N–H and O–H groups in total. The molecule has 0 radical (unpaired) electrons. The summed E-state index contributed by atoms with van der Waals surface area (Å²) >= 11 is 5.05. The van der Waals surface area contributed by atoms with Gasteiger partial charge in [0.05, 0.1) is 10.7 Å². The van der Waals surface area contributed by atoms with Crippen molar-refractivity contribution < 1.29 is 19.4 Å². The number of carbonyl (C=O) groups is 2. The molecule has 98 valence electrons. The fraction of sp³-hybridized carbons (Fsp3) is 0.273. The van der Waals surface area contributed by atoms with E-state index in [4.69, 9.17) is 0 Å². The molecule has 0 spiro atoms. The van der Waals surface area contributed by atoms with Crippen molar-refractivity contribution in [1.82, 2.24) is 5.32 Å². The normalized spacial score (nSPS) is 11.7. The quantitative estimate of drug-likeness (QED) is 0.435. The van der Waals surface area contributed by atoms with E-state index in [2.05, 4.69) is 26.0 Å². The molecule has 0 aromatic heterocycles. The van der Waals surface area contributed by atoms with Gasteiger partial charge in [0.2, 0.25) is 0 Å². The van der Waals surface area contributed by atoms with E-state index < -0.39 is 10.8 Å². The van der Waals surface area contributed by atoms with Crippen LogP contribution < -0.4 is 5.32 Å². The lowest BCUT2D eigenvalue weighted by Gasteiger charge is -2.09. The van der Waals surface area contributed by atoms with Crippen molar-refractivity contribution in [3.8, 4) is 5.75 Å². The molecule has 5 nitrogen and oxygen atoms in total. The van der Waals surface area contributed by atoms with Crippen LogP contribution in [0.15, 0.2) is 18.2 Å². The lowest BCUT2D eigenvalue weighted by molar-refractivity contribution is -0.139. The maximum absolute atomic E-state index is 11.7. The summed E-state index contributed by atoms with van der Waals surface area (Å²) in [5.74, 6) is -0.776. The molecule has 0 fully saturated rings. The standard InChI is InChI=1S/C11H11BrINO4/c1-18-11(17)7(12)5-14-10(16)6-2-3-8(13)9(15)4-6/h2-4,7,15H,5H2,1H3,(H,14,16). The summed E-state index contributed by atoms with van der Waals surface area (Å²) in [5.41, 5.74) is 0.331. The monoisotopic (exact) mass is 427 g/mol. The highest BCUT2D eigenvalue weighted by Gasteiger charge is 2.16. The van der Waals surface area contributed by atoms with E-state index >= 15 is 0 Å². The van der Waals surface area contributed by atoms with Gasteiger partial charge in [0.25, 0.3) is 5.91 Å². The van der Waals surface area contributed by atoms with Crippen molar-refractivity contribution in [2.45, 2.75) is 4.83 Å². The summed E-state index contributed by atoms with van der Waals surface area (Å²) < 4.78 is 5.17. The summed E-state index contributed by atoms with van der Waals surface area (Å²) in [6.45, 7) is 0.109. The molecule has 1 rings (SSSR count). The van der Waals surface area contributed by atoms with Crippen molar-refractivity contribution in [3.05, 3.63) is 27.3 Å². The predicted molar refractivity (Wildman–Crippen MR) is 77.9 cm³/mol. The third-order valence-corrected chi connectivity index (χ3v) is 3.72. The Morgan fingerprint density at radius 2 is 2.22 bits per heavy atom. The fourth-order valence-electron chi connectivity index (χ4n) is 1.15. The van der Waals surface area contributed by atoms with Crippen molar-refractivity contribution in [1.29, 1.82) is 0 Å². The van der Waals surface area contributed by atoms with Crippen molar-refractivity contribution >= 4 is 50.4 Å². The van der Waals surface area contributed by atoms with Crippen LogP contribution in [-0.2, 0) is 9.53 Å². The van der Waals surface area contributed by atoms with Crippen molar-refractivity contribution in [2.75, 3.05) is 13.7 Å². The van der Waals surface area contributed by atoms with Crippen molar-refractivity contribution in [2.24, 2.45) is 0 Å². The lowest BCUT2D eigenvalue weighted by atomic mass is 10.2. The molecule has 1 atom stereocenters. The minimum atomic E-state index is -0.594. The second kappa shape index (κ2) is 6.93. The van der Waals surface area contributed by atoms with Gasteiger partial charge in [-0.25, -0.2) is 0 Å². The Kier molecular flexibility index (Phi) is 5.86. The highest BCUT2D eigenvalue weighted by molar-refractivity contribution is 14.1. The van der Waals surface area contributed by atoms with Gasteiger partial charge in [0.1, 0.15) is 10.6 Å². The number of esters is 1. The molecule has 0 aliphatic carbocycles. The van der Waals surface area contributed by atoms with E-state index in [-0.39, 0.29) is 18.2 Å². The Labute approximate surface area is 126 Å². The number of methoxy groups -OCH3 is 1. The van der Waals surface area contributed by atoms with E-state index in [1.165, 1.54) is 13.2 Å². The Morgan fingerprint density at radius 3 is 2.78 bits per heavy atom. The number of hydrogen-bond acceptors (Lipinski definition) is 4. The molecule has 0 bridgehead atoms. The van der Waals surface area contributed by atoms with Crippen LogP contribution >= 0.6 is 38.5 Å². The first kappa shape index (κ1) is 15.2. The van der Waals surface area contributed by atoms with Crippen LogP contribution in [0.2, 0.25) is 0 Å². The largest absolute Gasteiger partial charge is 0.507 e. The van der Waals surface area contributed by atoms with Crippen LogP contribution in [0.3, 0.4) is 0 Å². The number of amides is 1. The molecule has 1 aromatic rings. The van der Waals surface area contributed by atoms with Gasteiger partial charge in [-0.3, -0.25) is 9.59 Å². The summed E-state index contributed by atoms with van der Waals surface area (Å²) in [5, 5.41) is 12.0. The van der Waals surface area contributed by atoms with Gasteiger partial charge in [-0.2, -0.15) is 0 Å². The Morgan fingerprint density at radius 1 is 1.56 bits per heavy atom. The number of phenolic OH excluding ortho intramolecular Hbond substituents is 1. The maximum atomic E-state index is 11.7. The van der Waals surface area contributed by atoms with Gasteiger partial charge >= 0.3 is 5.97 Å². The maximum Gasteiger partial charge on any atom is 0.321 e. The minimum absolute atomic E-state index is 0.0478. The van der Waals surface area contributed by atoms with E-state index in [1.807, 2.05) is 22.6 Å². The van der Waals surface area contributed by atoms with Crippen molar-refractivity contribution in [3.63, 3.8) is 0 Å². The molecule has 1 aromatic carbocycles. The molecule has 0 saturated carbocycles. The average molecular weight is 428 g/mol. The van der Waals surface area contributed by atoms with Gasteiger partial charge in [-0.1, -0.05) is 15.9 Å². The number of nitrogens with one attached hydrogen (secondary N) is 1. The number of hydrogen-bond donors (Lipinski definition) is 2. The summed E-state index contributed by atoms with van der Waals surface area (Å²) in [6, 6.07) is 4.60. The summed E-state index contributed by atoms with van der Waals surface area (Å²) in [6.07, 6.45) is 0. The Balaban J connectivity index is 2.60. The van der Waals surface area contributed by atoms with Crippen LogP contribution in [0.5, 0.6) is 5.75 Å². The number of ether oxygens (including phenoxy) is 1. The van der Waals surface area contributed by atoms with Crippen LogP contribution in [0.4, 0.5) is 0 Å². The SMILES string of the molecule is COC(=O)C(Br)CNC(=O)c1ccc(I)c(O)c1. The van der Waals surface area contributed by atoms with E-state index in [1.54, 1.807) is 12.1 Å². The molecule has 1 unspecified atom stereocenters. The van der Waals surface area contributed by atoms with E-state index in [0.29, 0.717) is 9.13 Å². The Hall–Kier alpha value is -0.830. The highest BCUT2D eigenvalue weighted by Crippen LogP contribution is 2.20. The van der Waals surface area contributed by atoms with Crippen LogP contribution in [0.25, 0.3) is 0 Å². The van der Waals surface area contributed by atoms with Crippen LogP contribution in [0.1, 0.15) is 10.4 Å². The first-order valence-corrected chi connectivity index (χ1v) is 6.93. The number of alkyl halides is 1. The third-order valence-electron chi connectivity index (χ3n) is 2.11. The van der Waals surface area contributed by atoms with Gasteiger partial charge in [-0.15, -0.1) is 0 Å². The smallest absolute Gasteiger partial charge is 0.321 e. The second-order valence-electron chi connectivity index (χ2n) is 3.37. The topological polar surface area (TPSA) is 75.6 Å². The van der Waals surface area contributed by atoms with Crippen LogP contribution in [0, 0.1) is 3.57 Å². The molecule has 0 saturated heterocycles. The van der Waals surface area contributed by atoms with E-state index in [9.17, 15) is 14.7 Å². The number of halogens is 2. The highest BCUT2D eigenvalue weighted by atomic mass is 127. The molecule has 0 aliphatic heterocycles. The molecule has 0 heterocycles. The number of aromatic hydroxyl groups is 1. The molecule has 7 heteroatoms. The zero-order valence-electron chi connectivity index (χ0n) is 9.44. The number of benzene rings is 1. The average Bonchev–Trinajstić information content (AvgIpc) is 2.37. The predicted octanol–water partition coefficient (Wildman–Crippen LogP) is 1.66.